The number of nitrogens with two attached hydrogens (primary N) is 1. The van der Waals surface area contributed by atoms with Crippen molar-refractivity contribution in [3.8, 4) is 22.6 Å². The number of amides is 7. The molecule has 448 valence electrons. The lowest BCUT2D eigenvalue weighted by atomic mass is 9.93. The molecule has 0 aliphatic carbocycles. The minimum absolute atomic E-state index is 0.0000999. The fourth-order valence-corrected chi connectivity index (χ4v) is 8.48. The first-order valence-electron chi connectivity index (χ1n) is 26.9. The van der Waals surface area contributed by atoms with Crippen LogP contribution in [0.25, 0.3) is 11.1 Å². The number of nitrogens with zero attached hydrogens (tertiary/aromatic N) is 5. The highest BCUT2D eigenvalue weighted by molar-refractivity contribution is 6.76. The van der Waals surface area contributed by atoms with E-state index in [4.69, 9.17) is 34.2 Å². The fourth-order valence-electron chi connectivity index (χ4n) is 7.73. The van der Waals surface area contributed by atoms with Crippen LogP contribution in [0.4, 0.5) is 14.4 Å². The summed E-state index contributed by atoms with van der Waals surface area (Å²) in [4.78, 5) is 110. The molecule has 0 radical (unpaired) electrons. The third-order valence-corrected chi connectivity index (χ3v) is 13.4. The topological polar surface area (TPSA) is 337 Å². The molecule has 81 heavy (non-hydrogen) atoms. The summed E-state index contributed by atoms with van der Waals surface area (Å²) in [5.41, 5.74) is 5.46. The smallest absolute Gasteiger partial charge is 0.407 e. The second-order valence-electron chi connectivity index (χ2n) is 23.8. The lowest BCUT2D eigenvalue weighted by Crippen LogP contribution is -2.56. The summed E-state index contributed by atoms with van der Waals surface area (Å²) < 4.78 is 35.7. The molecule has 0 spiro atoms. The summed E-state index contributed by atoms with van der Waals surface area (Å²) in [6.07, 6.45) is -2.30. The molecule has 3 aromatic rings. The molecule has 1 aliphatic rings. The molecule has 4 rings (SSSR count). The minimum Gasteiger partial charge on any atom is -0.491 e. The largest absolute Gasteiger partial charge is 0.491 e. The lowest BCUT2D eigenvalue weighted by Gasteiger charge is -2.32. The van der Waals surface area contributed by atoms with E-state index in [9.17, 15) is 38.4 Å². The first-order valence-corrected chi connectivity index (χ1v) is 30.6. The Hall–Kier alpha value is -7.39. The number of carbonyl (C=O) groups excluding carboxylic acids is 8. The van der Waals surface area contributed by atoms with Crippen molar-refractivity contribution in [1.82, 2.24) is 57.0 Å². The van der Waals surface area contributed by atoms with E-state index < -0.39 is 103 Å². The van der Waals surface area contributed by atoms with Crippen molar-refractivity contribution in [2.24, 2.45) is 5.73 Å². The molecule has 26 nitrogen and oxygen atoms in total. The van der Waals surface area contributed by atoms with Gasteiger partial charge in [0.25, 0.3) is 0 Å². The summed E-state index contributed by atoms with van der Waals surface area (Å²) in [6.45, 7) is 25.0. The molecule has 1 aliphatic heterocycles. The van der Waals surface area contributed by atoms with Crippen LogP contribution in [0.3, 0.4) is 0 Å². The SMILES string of the molecule is C[C@@H]1NC(=O)[C@@H](N(C)C(=O)[C@@H](N)CCNC(=O)OC(C)(C)C)c2ccc(OCCNC(=O)OC(C)(C)C)c(c2)-c2cc(ccc2OCCNC(=O)OC(C)(C)C)C[C@@H](C(=O)N[C@@H](C)C(=O)c2nnnn2COCC[Si](C)(C)C)NC1=O. The number of likely N-dealkylation sites (N-methyl/N-ethyl adjacent to an activating group) is 1. The van der Waals surface area contributed by atoms with Crippen LogP contribution in [0.5, 0.6) is 11.5 Å². The van der Waals surface area contributed by atoms with Gasteiger partial charge >= 0.3 is 18.3 Å². The van der Waals surface area contributed by atoms with E-state index in [0.29, 0.717) is 23.3 Å². The molecular formula is C54H84N12O14Si. The maximum atomic E-state index is 14.8. The normalized spacial score (nSPS) is 16.7. The highest BCUT2D eigenvalue weighted by Gasteiger charge is 2.36. The predicted octanol–water partition coefficient (Wildman–Crippen LogP) is 4.13. The highest BCUT2D eigenvalue weighted by atomic mass is 28.3. The van der Waals surface area contributed by atoms with E-state index >= 15 is 0 Å². The van der Waals surface area contributed by atoms with Gasteiger partial charge in [0, 0.05) is 45.8 Å². The second-order valence-corrected chi connectivity index (χ2v) is 29.4. The number of hydrogen-bond donors (Lipinski definition) is 7. The summed E-state index contributed by atoms with van der Waals surface area (Å²) in [5.74, 6) is -3.46. The number of aromatic nitrogens is 4. The minimum atomic E-state index is -1.49. The van der Waals surface area contributed by atoms with Crippen LogP contribution in [0.1, 0.15) is 110 Å². The quantitative estimate of drug-likeness (QED) is 0.0322. The predicted molar refractivity (Wildman–Crippen MR) is 301 cm³/mol. The van der Waals surface area contributed by atoms with Crippen molar-refractivity contribution < 1.29 is 66.8 Å². The lowest BCUT2D eigenvalue weighted by molar-refractivity contribution is -0.141. The number of carbonyl (C=O) groups is 8. The van der Waals surface area contributed by atoms with Gasteiger partial charge in [0.2, 0.25) is 35.2 Å². The van der Waals surface area contributed by atoms with E-state index in [1.807, 2.05) is 0 Å². The number of alkyl carbamates (subject to hydrolysis) is 3. The number of ether oxygens (including phenoxy) is 6. The van der Waals surface area contributed by atoms with Gasteiger partial charge in [-0.25, -0.2) is 14.4 Å². The van der Waals surface area contributed by atoms with Crippen molar-refractivity contribution >= 4 is 55.8 Å². The number of ketones is 1. The van der Waals surface area contributed by atoms with Crippen LogP contribution >= 0.6 is 0 Å². The Morgan fingerprint density at radius 1 is 0.765 bits per heavy atom. The molecule has 0 fully saturated rings. The molecule has 0 unspecified atom stereocenters. The average molecular weight is 1150 g/mol. The van der Waals surface area contributed by atoms with E-state index in [-0.39, 0.29) is 75.3 Å². The Kier molecular flexibility index (Phi) is 23.5. The van der Waals surface area contributed by atoms with Gasteiger partial charge in [-0.15, -0.1) is 5.10 Å². The number of benzene rings is 2. The van der Waals surface area contributed by atoms with E-state index in [1.54, 1.807) is 98.7 Å². The maximum Gasteiger partial charge on any atom is 0.407 e. The third kappa shape index (κ3) is 22.2. The number of hydrogen-bond acceptors (Lipinski definition) is 18. The Morgan fingerprint density at radius 3 is 1.84 bits per heavy atom. The number of tetrazole rings is 1. The molecule has 0 saturated heterocycles. The second kappa shape index (κ2) is 28.8. The Labute approximate surface area is 474 Å². The van der Waals surface area contributed by atoms with Crippen LogP contribution in [0.15, 0.2) is 36.4 Å². The maximum absolute atomic E-state index is 14.8. The van der Waals surface area contributed by atoms with Gasteiger partial charge < -0.3 is 71.0 Å². The van der Waals surface area contributed by atoms with Gasteiger partial charge in [0.05, 0.1) is 25.2 Å². The Balaban J connectivity index is 1.82. The zero-order chi connectivity index (χ0) is 60.6. The molecule has 4 bridgehead atoms. The van der Waals surface area contributed by atoms with Crippen molar-refractivity contribution in [2.45, 2.75) is 168 Å². The molecule has 0 saturated carbocycles. The van der Waals surface area contributed by atoms with Crippen LogP contribution in [0.2, 0.25) is 25.7 Å². The van der Waals surface area contributed by atoms with Crippen molar-refractivity contribution in [2.75, 3.05) is 46.5 Å². The zero-order valence-electron chi connectivity index (χ0n) is 49.5. The zero-order valence-corrected chi connectivity index (χ0v) is 50.5. The monoisotopic (exact) mass is 1150 g/mol. The molecule has 2 aromatic carbocycles. The molecule has 2 heterocycles. The summed E-state index contributed by atoms with van der Waals surface area (Å²) in [7, 11) is -0.0610. The van der Waals surface area contributed by atoms with Crippen molar-refractivity contribution in [1.29, 1.82) is 0 Å². The number of rotatable bonds is 22. The van der Waals surface area contributed by atoms with E-state index in [2.05, 4.69) is 67.1 Å². The van der Waals surface area contributed by atoms with Crippen LogP contribution in [-0.4, -0.2) is 168 Å². The molecule has 27 heteroatoms. The van der Waals surface area contributed by atoms with E-state index in [0.717, 1.165) is 10.9 Å². The average Bonchev–Trinajstić information content (AvgIpc) is 3.92. The fraction of sp³-hybridized carbons (Fsp3) is 0.611. The first kappa shape index (κ1) is 66.1. The van der Waals surface area contributed by atoms with Crippen molar-refractivity contribution in [3.05, 3.63) is 53.3 Å². The van der Waals surface area contributed by atoms with Crippen LogP contribution in [0, 0.1) is 0 Å². The third-order valence-electron chi connectivity index (χ3n) is 11.7. The van der Waals surface area contributed by atoms with Gasteiger partial charge in [0.1, 0.15) is 66.4 Å². The first-order chi connectivity index (χ1) is 37.6. The molecule has 5 atom stereocenters. The van der Waals surface area contributed by atoms with Crippen molar-refractivity contribution in [3.63, 3.8) is 0 Å². The molecular weight excluding hydrogens is 1070 g/mol. The van der Waals surface area contributed by atoms with Gasteiger partial charge in [-0.1, -0.05) is 31.8 Å². The van der Waals surface area contributed by atoms with E-state index in [1.165, 1.54) is 25.6 Å². The Morgan fingerprint density at radius 2 is 1.30 bits per heavy atom. The number of nitrogens with one attached hydrogen (secondary N) is 6. The van der Waals surface area contributed by atoms with Gasteiger partial charge in [-0.05, 0) is 134 Å². The summed E-state index contributed by atoms with van der Waals surface area (Å²) in [5, 5.41) is 27.5. The number of Topliss-reactive ketones (excluding diaryl/α,β-unsaturated/α-hetero) is 1. The van der Waals surface area contributed by atoms with Gasteiger partial charge in [-0.3, -0.25) is 24.0 Å². The molecule has 8 N–H and O–H groups in total. The van der Waals surface area contributed by atoms with Gasteiger partial charge in [-0.2, -0.15) is 4.68 Å². The summed E-state index contributed by atoms with van der Waals surface area (Å²) in [6, 6.07) is 3.90. The summed E-state index contributed by atoms with van der Waals surface area (Å²) >= 11 is 0. The highest BCUT2D eigenvalue weighted by Crippen LogP contribution is 2.40. The van der Waals surface area contributed by atoms with Crippen LogP contribution in [-0.2, 0) is 51.3 Å². The standard InChI is InChI=1S/C54H84N12O14Si/c1-32(43(67)44-62-63-64-66(44)31-75-26-27-81(13,14)15)59-46(69)39-29-34-16-18-40(76-24-22-57-50(73)79-53(6,7)8)36(28-34)37-30-35(17-19-41(37)77-25-23-58-51(74)80-54(9,10)11)42(47(70)60-33(2)45(68)61-39)65(12)48(71)38(55)20-21-56-49(72)78-52(3,4)5/h16-19,28,30,32-33,38-39,42H,20-27,29,31,55H2,1-15H3,(H,56,72)(H,57,73)(H,58,74)(H,59,69)(H,60,70)(H,61,68)/t32-,33-,38-,39-,42-/m0/s1. The molecule has 1 aromatic heterocycles. The Bertz CT molecular complexity index is 2690. The molecule has 7 amide bonds. The van der Waals surface area contributed by atoms with Gasteiger partial charge in [0.15, 0.2) is 0 Å². The van der Waals surface area contributed by atoms with Crippen LogP contribution < -0.4 is 47.1 Å². The number of fused-ring (bicyclic) bond motifs is 5.